The molecule has 0 saturated carbocycles. The van der Waals surface area contributed by atoms with E-state index in [1.165, 1.54) is 0 Å². The van der Waals surface area contributed by atoms with Gasteiger partial charge in [-0.2, -0.15) is 0 Å². The van der Waals surface area contributed by atoms with Crippen LogP contribution in [0.2, 0.25) is 0 Å². The van der Waals surface area contributed by atoms with Gasteiger partial charge in [0.1, 0.15) is 5.52 Å². The molecule has 6 nitrogen and oxygen atoms in total. The predicted molar refractivity (Wildman–Crippen MR) is 80.8 cm³/mol. The van der Waals surface area contributed by atoms with Crippen molar-refractivity contribution in [3.63, 3.8) is 0 Å². The Kier molecular flexibility index (Phi) is 4.09. The van der Waals surface area contributed by atoms with Gasteiger partial charge in [0, 0.05) is 25.9 Å². The maximum Gasteiger partial charge on any atom is 0.222 e. The number of benzene rings is 1. The van der Waals surface area contributed by atoms with E-state index in [1.54, 1.807) is 4.90 Å². The molecule has 2 heterocycles. The number of hydrogen-bond acceptors (Lipinski definition) is 4. The Bertz CT molecular complexity index is 662. The lowest BCUT2D eigenvalue weighted by atomic mass is 10.1. The molecule has 1 atom stereocenters. The highest BCUT2D eigenvalue weighted by atomic mass is 16.3. The molecule has 0 bridgehead atoms. The number of fused-ring (bicyclic) bond motifs is 1. The lowest BCUT2D eigenvalue weighted by Gasteiger charge is -2.15. The molecule has 6 heteroatoms. The number of nitrogens with two attached hydrogens (primary N) is 1. The summed E-state index contributed by atoms with van der Waals surface area (Å²) in [4.78, 5) is 29.3. The van der Waals surface area contributed by atoms with Gasteiger partial charge in [0.25, 0.3) is 0 Å². The monoisotopic (exact) mass is 301 g/mol. The molecule has 1 aromatic heterocycles. The van der Waals surface area contributed by atoms with Gasteiger partial charge in [0.15, 0.2) is 11.5 Å². The van der Waals surface area contributed by atoms with Crippen LogP contribution in [0, 0.1) is 5.92 Å². The average Bonchev–Trinajstić information content (AvgIpc) is 3.13. The van der Waals surface area contributed by atoms with Crippen molar-refractivity contribution in [1.82, 2.24) is 9.88 Å². The number of likely N-dealkylation sites (tertiary alicyclic amines) is 1. The van der Waals surface area contributed by atoms with Crippen LogP contribution in [0.1, 0.15) is 25.2 Å². The second-order valence-electron chi connectivity index (χ2n) is 5.66. The molecular weight excluding hydrogens is 282 g/mol. The fourth-order valence-corrected chi connectivity index (χ4v) is 2.79. The van der Waals surface area contributed by atoms with E-state index < -0.39 is 0 Å². The Morgan fingerprint density at radius 1 is 1.36 bits per heavy atom. The average molecular weight is 301 g/mol. The summed E-state index contributed by atoms with van der Waals surface area (Å²) in [5.74, 6) is 0.216. The highest BCUT2D eigenvalue weighted by Crippen LogP contribution is 2.19. The lowest BCUT2D eigenvalue weighted by molar-refractivity contribution is -0.130. The summed E-state index contributed by atoms with van der Waals surface area (Å²) in [5, 5.41) is 0. The molecule has 2 amide bonds. The third-order valence-corrected chi connectivity index (χ3v) is 4.06. The lowest BCUT2D eigenvalue weighted by Crippen LogP contribution is -2.31. The molecule has 1 aliphatic rings. The van der Waals surface area contributed by atoms with Crippen LogP contribution in [0.5, 0.6) is 0 Å². The number of aromatic nitrogens is 1. The number of carbonyl (C=O) groups is 2. The molecule has 0 radical (unpaired) electrons. The van der Waals surface area contributed by atoms with Gasteiger partial charge in [0.05, 0.1) is 5.92 Å². The summed E-state index contributed by atoms with van der Waals surface area (Å²) in [5.41, 5.74) is 6.89. The third-order valence-electron chi connectivity index (χ3n) is 4.06. The van der Waals surface area contributed by atoms with E-state index in [-0.39, 0.29) is 17.7 Å². The normalized spacial score (nSPS) is 18.0. The first kappa shape index (κ1) is 14.6. The number of carbonyl (C=O) groups excluding carboxylic acids is 2. The molecule has 2 aromatic rings. The minimum atomic E-state index is -0.318. The molecule has 1 aromatic carbocycles. The number of oxazole rings is 1. The topological polar surface area (TPSA) is 89.4 Å². The summed E-state index contributed by atoms with van der Waals surface area (Å²) in [6, 6.07) is 7.61. The van der Waals surface area contributed by atoms with E-state index in [4.69, 9.17) is 10.2 Å². The highest BCUT2D eigenvalue weighted by Gasteiger charge is 2.29. The van der Waals surface area contributed by atoms with E-state index in [1.807, 2.05) is 24.3 Å². The summed E-state index contributed by atoms with van der Waals surface area (Å²) in [6.45, 7) is 1.08. The third kappa shape index (κ3) is 3.10. The Morgan fingerprint density at radius 2 is 2.18 bits per heavy atom. The van der Waals surface area contributed by atoms with Crippen molar-refractivity contribution in [2.75, 3.05) is 13.1 Å². The van der Waals surface area contributed by atoms with Crippen molar-refractivity contribution < 1.29 is 14.0 Å². The second kappa shape index (κ2) is 6.17. The number of rotatable bonds is 5. The molecule has 2 N–H and O–H groups in total. The first-order valence-electron chi connectivity index (χ1n) is 7.55. The summed E-state index contributed by atoms with van der Waals surface area (Å²) < 4.78 is 5.63. The van der Waals surface area contributed by atoms with Crippen LogP contribution in [0.4, 0.5) is 0 Å². The first-order valence-corrected chi connectivity index (χ1v) is 7.55. The zero-order chi connectivity index (χ0) is 15.5. The van der Waals surface area contributed by atoms with Gasteiger partial charge in [-0.3, -0.25) is 9.59 Å². The van der Waals surface area contributed by atoms with Gasteiger partial charge in [-0.15, -0.1) is 0 Å². The van der Waals surface area contributed by atoms with E-state index in [0.29, 0.717) is 44.7 Å². The minimum absolute atomic E-state index is 0.0693. The Balaban J connectivity index is 1.48. The fraction of sp³-hybridized carbons (Fsp3) is 0.438. The maximum atomic E-state index is 12.1. The van der Waals surface area contributed by atoms with Crippen LogP contribution in [0.15, 0.2) is 28.7 Å². The van der Waals surface area contributed by atoms with Crippen molar-refractivity contribution in [3.05, 3.63) is 30.2 Å². The zero-order valence-corrected chi connectivity index (χ0v) is 12.3. The van der Waals surface area contributed by atoms with Crippen LogP contribution in [0.3, 0.4) is 0 Å². The van der Waals surface area contributed by atoms with Crippen LogP contribution in [-0.4, -0.2) is 34.8 Å². The van der Waals surface area contributed by atoms with Gasteiger partial charge < -0.3 is 15.1 Å². The van der Waals surface area contributed by atoms with Gasteiger partial charge >= 0.3 is 0 Å². The molecular formula is C16H19N3O3. The highest BCUT2D eigenvalue weighted by molar-refractivity contribution is 5.81. The molecule has 1 aliphatic heterocycles. The molecule has 1 saturated heterocycles. The fourth-order valence-electron chi connectivity index (χ4n) is 2.79. The Morgan fingerprint density at radius 3 is 2.91 bits per heavy atom. The quantitative estimate of drug-likeness (QED) is 0.906. The van der Waals surface area contributed by atoms with Crippen molar-refractivity contribution in [2.45, 2.75) is 25.7 Å². The predicted octanol–water partition coefficient (Wildman–Crippen LogP) is 1.48. The largest absolute Gasteiger partial charge is 0.441 e. The molecule has 3 rings (SSSR count). The maximum absolute atomic E-state index is 12.1. The van der Waals surface area contributed by atoms with Gasteiger partial charge in [-0.25, -0.2) is 4.98 Å². The van der Waals surface area contributed by atoms with Crippen molar-refractivity contribution in [2.24, 2.45) is 11.7 Å². The standard InChI is InChI=1S/C16H19N3O3/c17-16(21)11-8-9-19(10-11)15(20)7-3-6-14-18-12-4-1-2-5-13(12)22-14/h1-2,4-5,11H,3,6-10H2,(H2,17,21)/t11-/m0/s1. The van der Waals surface area contributed by atoms with Crippen LogP contribution in [-0.2, 0) is 16.0 Å². The van der Waals surface area contributed by atoms with Crippen molar-refractivity contribution >= 4 is 22.9 Å². The first-order chi connectivity index (χ1) is 10.6. The van der Waals surface area contributed by atoms with Crippen LogP contribution in [0.25, 0.3) is 11.1 Å². The van der Waals surface area contributed by atoms with Crippen LogP contribution >= 0.6 is 0 Å². The molecule has 116 valence electrons. The van der Waals surface area contributed by atoms with Gasteiger partial charge in [-0.1, -0.05) is 12.1 Å². The van der Waals surface area contributed by atoms with E-state index in [2.05, 4.69) is 4.98 Å². The van der Waals surface area contributed by atoms with E-state index in [9.17, 15) is 9.59 Å². The van der Waals surface area contributed by atoms with Crippen molar-refractivity contribution in [3.8, 4) is 0 Å². The van der Waals surface area contributed by atoms with E-state index in [0.717, 1.165) is 11.1 Å². The SMILES string of the molecule is NC(=O)[C@H]1CCN(C(=O)CCCc2nc3ccccc3o2)C1. The number of aryl methyl sites for hydroxylation is 1. The van der Waals surface area contributed by atoms with Crippen molar-refractivity contribution in [1.29, 1.82) is 0 Å². The summed E-state index contributed by atoms with van der Waals surface area (Å²) >= 11 is 0. The van der Waals surface area contributed by atoms with Gasteiger partial charge in [-0.05, 0) is 25.0 Å². The molecule has 0 aliphatic carbocycles. The number of hydrogen-bond donors (Lipinski definition) is 1. The number of para-hydroxylation sites is 2. The Hall–Kier alpha value is -2.37. The number of nitrogens with zero attached hydrogens (tertiary/aromatic N) is 2. The summed E-state index contributed by atoms with van der Waals surface area (Å²) in [6.07, 6.45) is 2.42. The number of primary amides is 1. The zero-order valence-electron chi connectivity index (χ0n) is 12.3. The van der Waals surface area contributed by atoms with Gasteiger partial charge in [0.2, 0.25) is 11.8 Å². The molecule has 1 fully saturated rings. The summed E-state index contributed by atoms with van der Waals surface area (Å²) in [7, 11) is 0. The molecule has 0 spiro atoms. The smallest absolute Gasteiger partial charge is 0.222 e. The van der Waals surface area contributed by atoms with E-state index >= 15 is 0 Å². The number of amides is 2. The second-order valence-corrected chi connectivity index (χ2v) is 5.66. The van der Waals surface area contributed by atoms with Crippen LogP contribution < -0.4 is 5.73 Å². The molecule has 22 heavy (non-hydrogen) atoms. The Labute approximate surface area is 128 Å². The molecule has 0 unspecified atom stereocenters. The minimum Gasteiger partial charge on any atom is -0.441 e.